The Labute approximate surface area is 161 Å². The van der Waals surface area contributed by atoms with E-state index in [0.717, 1.165) is 42.7 Å². The van der Waals surface area contributed by atoms with Crippen molar-refractivity contribution in [3.63, 3.8) is 0 Å². The highest BCUT2D eigenvalue weighted by atomic mass is 35.5. The summed E-state index contributed by atoms with van der Waals surface area (Å²) in [5.41, 5.74) is 3.64. The third-order valence-electron chi connectivity index (χ3n) is 5.44. The third-order valence-corrected chi connectivity index (χ3v) is 5.91. The highest BCUT2D eigenvalue weighted by Crippen LogP contribution is 2.33. The minimum Gasteiger partial charge on any atom is -0.497 e. The van der Waals surface area contributed by atoms with Gasteiger partial charge in [0.2, 0.25) is 0 Å². The summed E-state index contributed by atoms with van der Waals surface area (Å²) in [4.78, 5) is 4.84. The van der Waals surface area contributed by atoms with E-state index in [1.54, 1.807) is 11.8 Å². The van der Waals surface area contributed by atoms with Crippen LogP contribution in [0, 0.1) is 0 Å². The smallest absolute Gasteiger partial charge is 0.131 e. The summed E-state index contributed by atoms with van der Waals surface area (Å²) in [6, 6.07) is 8.97. The topological polar surface area (TPSA) is 33.5 Å². The van der Waals surface area contributed by atoms with Gasteiger partial charge in [-0.2, -0.15) is 5.10 Å². The second-order valence-corrected chi connectivity index (χ2v) is 7.66. The first-order chi connectivity index (χ1) is 12.4. The predicted octanol–water partition coefficient (Wildman–Crippen LogP) is 3.17. The summed E-state index contributed by atoms with van der Waals surface area (Å²) in [6.45, 7) is 5.03. The van der Waals surface area contributed by atoms with Crippen molar-refractivity contribution in [3.8, 4) is 5.75 Å². The van der Waals surface area contributed by atoms with Crippen LogP contribution >= 0.6 is 11.6 Å². The van der Waals surface area contributed by atoms with Gasteiger partial charge < -0.3 is 9.64 Å². The van der Waals surface area contributed by atoms with Crippen LogP contribution in [0.4, 0.5) is 0 Å². The molecule has 2 heterocycles. The Morgan fingerprint density at radius 2 is 1.92 bits per heavy atom. The molecule has 6 heteroatoms. The maximum atomic E-state index is 6.51. The number of aromatic nitrogens is 2. The van der Waals surface area contributed by atoms with E-state index in [9.17, 15) is 0 Å². The van der Waals surface area contributed by atoms with Crippen LogP contribution in [0.5, 0.6) is 5.75 Å². The van der Waals surface area contributed by atoms with Crippen LogP contribution in [0.15, 0.2) is 24.3 Å². The molecule has 0 unspecified atom stereocenters. The minimum atomic E-state index is 0.469. The zero-order valence-corrected chi connectivity index (χ0v) is 17.1. The summed E-state index contributed by atoms with van der Waals surface area (Å²) < 4.78 is 7.09. The molecule has 1 aliphatic rings. The van der Waals surface area contributed by atoms with Crippen molar-refractivity contribution in [2.24, 2.45) is 7.05 Å². The van der Waals surface area contributed by atoms with Crippen molar-refractivity contribution in [2.45, 2.75) is 31.8 Å². The molecule has 0 bridgehead atoms. The number of likely N-dealkylation sites (tertiary alicyclic amines) is 1. The summed E-state index contributed by atoms with van der Waals surface area (Å²) in [5, 5.41) is 5.32. The molecule has 26 heavy (non-hydrogen) atoms. The maximum Gasteiger partial charge on any atom is 0.131 e. The van der Waals surface area contributed by atoms with E-state index in [1.165, 1.54) is 11.1 Å². The normalized spacial score (nSPS) is 20.9. The molecule has 0 aliphatic carbocycles. The molecular formula is C20H29ClN4O. The number of nitrogens with zero attached hydrogens (tertiary/aromatic N) is 4. The second kappa shape index (κ2) is 7.99. The Balaban J connectivity index is 1.81. The molecule has 0 radical (unpaired) electrons. The lowest BCUT2D eigenvalue weighted by atomic mass is 9.93. The third kappa shape index (κ3) is 3.75. The van der Waals surface area contributed by atoms with E-state index in [1.807, 2.05) is 7.05 Å². The van der Waals surface area contributed by atoms with Crippen LogP contribution in [0.1, 0.15) is 29.7 Å². The minimum absolute atomic E-state index is 0.469. The molecule has 142 valence electrons. The molecule has 1 saturated heterocycles. The largest absolute Gasteiger partial charge is 0.497 e. The summed E-state index contributed by atoms with van der Waals surface area (Å²) in [6.07, 6.45) is 0.906. The van der Waals surface area contributed by atoms with Gasteiger partial charge in [0.1, 0.15) is 10.9 Å². The monoisotopic (exact) mass is 376 g/mol. The summed E-state index contributed by atoms with van der Waals surface area (Å²) >= 11 is 6.51. The number of aryl methyl sites for hydroxylation is 2. The molecule has 2 aromatic rings. The van der Waals surface area contributed by atoms with Gasteiger partial charge in [0.25, 0.3) is 0 Å². The number of benzene rings is 1. The van der Waals surface area contributed by atoms with Gasteiger partial charge in [0, 0.05) is 44.2 Å². The van der Waals surface area contributed by atoms with Crippen LogP contribution in [0.25, 0.3) is 0 Å². The zero-order chi connectivity index (χ0) is 18.8. The molecule has 1 aromatic carbocycles. The molecule has 3 rings (SSSR count). The highest BCUT2D eigenvalue weighted by molar-refractivity contribution is 6.30. The van der Waals surface area contributed by atoms with Gasteiger partial charge in [-0.1, -0.05) is 30.7 Å². The zero-order valence-electron chi connectivity index (χ0n) is 16.4. The van der Waals surface area contributed by atoms with Crippen LogP contribution in [-0.2, 0) is 20.0 Å². The number of ether oxygens (including phenoxy) is 1. The first kappa shape index (κ1) is 19.2. The maximum absolute atomic E-state index is 6.51. The van der Waals surface area contributed by atoms with Crippen molar-refractivity contribution in [1.82, 2.24) is 19.6 Å². The van der Waals surface area contributed by atoms with E-state index < -0.39 is 0 Å². The van der Waals surface area contributed by atoms with Gasteiger partial charge in [0.05, 0.1) is 12.8 Å². The van der Waals surface area contributed by atoms with Crippen molar-refractivity contribution in [1.29, 1.82) is 0 Å². The van der Waals surface area contributed by atoms with Crippen LogP contribution < -0.4 is 4.74 Å². The number of hydrogen-bond acceptors (Lipinski definition) is 4. The van der Waals surface area contributed by atoms with Gasteiger partial charge in [-0.25, -0.2) is 0 Å². The lowest BCUT2D eigenvalue weighted by Gasteiger charge is -2.25. The molecule has 5 nitrogen and oxygen atoms in total. The molecule has 0 N–H and O–H groups in total. The van der Waals surface area contributed by atoms with E-state index in [0.29, 0.717) is 12.0 Å². The van der Waals surface area contributed by atoms with E-state index in [2.05, 4.69) is 60.2 Å². The number of halogens is 1. The molecular weight excluding hydrogens is 348 g/mol. The fourth-order valence-electron chi connectivity index (χ4n) is 3.96. The Bertz CT molecular complexity index is 741. The van der Waals surface area contributed by atoms with Crippen molar-refractivity contribution in [3.05, 3.63) is 46.2 Å². The number of rotatable bonds is 6. The quantitative estimate of drug-likeness (QED) is 0.775. The van der Waals surface area contributed by atoms with Gasteiger partial charge >= 0.3 is 0 Å². The lowest BCUT2D eigenvalue weighted by Crippen LogP contribution is -2.34. The molecule has 0 saturated carbocycles. The first-order valence-corrected chi connectivity index (χ1v) is 9.55. The van der Waals surface area contributed by atoms with Crippen LogP contribution in [0.3, 0.4) is 0 Å². The first-order valence-electron chi connectivity index (χ1n) is 9.17. The predicted molar refractivity (Wildman–Crippen MR) is 106 cm³/mol. The van der Waals surface area contributed by atoms with Crippen molar-refractivity contribution < 1.29 is 4.74 Å². The SMILES string of the molecule is CCc1nn(C)c(Cl)c1CN1C[C@@H](N(C)C)[C@H](c2ccc(OC)cc2)C1. The fourth-order valence-corrected chi connectivity index (χ4v) is 4.17. The van der Waals surface area contributed by atoms with Crippen LogP contribution in [0.2, 0.25) is 5.15 Å². The van der Waals surface area contributed by atoms with Gasteiger partial charge in [-0.05, 0) is 38.2 Å². The Hall–Kier alpha value is -1.56. The van der Waals surface area contributed by atoms with Crippen molar-refractivity contribution in [2.75, 3.05) is 34.3 Å². The molecule has 0 amide bonds. The number of methoxy groups -OCH3 is 1. The number of likely N-dealkylation sites (N-methyl/N-ethyl adjacent to an activating group) is 1. The van der Waals surface area contributed by atoms with E-state index in [4.69, 9.17) is 16.3 Å². The van der Waals surface area contributed by atoms with Gasteiger partial charge in [-0.3, -0.25) is 9.58 Å². The summed E-state index contributed by atoms with van der Waals surface area (Å²) in [7, 11) is 7.95. The van der Waals surface area contributed by atoms with Crippen molar-refractivity contribution >= 4 is 11.6 Å². The highest BCUT2D eigenvalue weighted by Gasteiger charge is 2.35. The number of hydrogen-bond donors (Lipinski definition) is 0. The molecule has 0 spiro atoms. The Morgan fingerprint density at radius 1 is 1.23 bits per heavy atom. The van der Waals surface area contributed by atoms with Gasteiger partial charge in [0.15, 0.2) is 0 Å². The van der Waals surface area contributed by atoms with Crippen LogP contribution in [-0.4, -0.2) is 59.9 Å². The van der Waals surface area contributed by atoms with E-state index in [-0.39, 0.29) is 0 Å². The summed E-state index contributed by atoms with van der Waals surface area (Å²) in [5.74, 6) is 1.37. The molecule has 1 fully saturated rings. The average molecular weight is 377 g/mol. The molecule has 1 aliphatic heterocycles. The lowest BCUT2D eigenvalue weighted by molar-refractivity contribution is 0.259. The average Bonchev–Trinajstić information content (AvgIpc) is 3.18. The Kier molecular flexibility index (Phi) is 5.90. The molecule has 2 atom stereocenters. The Morgan fingerprint density at radius 3 is 2.50 bits per heavy atom. The standard InChI is InChI=1S/C20H29ClN4O/c1-6-18-17(20(21)24(4)22-18)12-25-11-16(19(13-25)23(2)3)14-7-9-15(26-5)10-8-14/h7-10,16,19H,6,11-13H2,1-5H3/t16-,19+/m0/s1. The van der Waals surface area contributed by atoms with E-state index >= 15 is 0 Å². The van der Waals surface area contributed by atoms with Gasteiger partial charge in [-0.15, -0.1) is 0 Å². The fraction of sp³-hybridized carbons (Fsp3) is 0.550. The molecule has 1 aromatic heterocycles. The second-order valence-electron chi connectivity index (χ2n) is 7.30.